The molecule has 0 spiro atoms. The number of pyridine rings is 1. The van der Waals surface area contributed by atoms with Crippen molar-refractivity contribution in [3.05, 3.63) is 18.3 Å². The van der Waals surface area contributed by atoms with Crippen molar-refractivity contribution >= 4 is 11.5 Å². The molecule has 0 bridgehead atoms. The number of hydrogen-bond acceptors (Lipinski definition) is 4. The molecule has 2 heterocycles. The highest BCUT2D eigenvalue weighted by Gasteiger charge is 2.14. The van der Waals surface area contributed by atoms with E-state index in [1.54, 1.807) is 6.20 Å². The van der Waals surface area contributed by atoms with Crippen LogP contribution in [0, 0.1) is 0 Å². The topological polar surface area (TPSA) is 60.2 Å². The van der Waals surface area contributed by atoms with Crippen LogP contribution in [0.15, 0.2) is 18.3 Å². The summed E-state index contributed by atoms with van der Waals surface area (Å²) < 4.78 is 5.24. The summed E-state index contributed by atoms with van der Waals surface area (Å²) in [6.45, 7) is 1.61. The van der Waals surface area contributed by atoms with E-state index >= 15 is 0 Å². The molecule has 0 unspecified atom stereocenters. The van der Waals surface area contributed by atoms with Gasteiger partial charge in [0.1, 0.15) is 5.82 Å². The van der Waals surface area contributed by atoms with Gasteiger partial charge in [-0.15, -0.1) is 0 Å². The first-order chi connectivity index (χ1) is 6.34. The van der Waals surface area contributed by atoms with E-state index < -0.39 is 0 Å². The zero-order valence-corrected chi connectivity index (χ0v) is 7.36. The summed E-state index contributed by atoms with van der Waals surface area (Å²) in [5.74, 6) is 0.865. The van der Waals surface area contributed by atoms with Crippen LogP contribution in [0.5, 0.6) is 0 Å². The minimum atomic E-state index is 0.399. The van der Waals surface area contributed by atoms with Crippen LogP contribution in [0.1, 0.15) is 6.42 Å². The molecule has 1 aromatic rings. The number of anilines is 2. The lowest BCUT2D eigenvalue weighted by Crippen LogP contribution is -2.19. The molecule has 0 saturated carbocycles. The fraction of sp³-hybridized carbons (Fsp3) is 0.444. The van der Waals surface area contributed by atoms with Crippen molar-refractivity contribution in [2.45, 2.75) is 12.5 Å². The van der Waals surface area contributed by atoms with E-state index in [0.29, 0.717) is 11.7 Å². The molecule has 1 aliphatic heterocycles. The Morgan fingerprint density at radius 1 is 1.54 bits per heavy atom. The van der Waals surface area contributed by atoms with Gasteiger partial charge in [0.25, 0.3) is 0 Å². The third-order valence-electron chi connectivity index (χ3n) is 2.07. The fourth-order valence-electron chi connectivity index (χ4n) is 1.35. The van der Waals surface area contributed by atoms with Gasteiger partial charge in [-0.3, -0.25) is 0 Å². The summed E-state index contributed by atoms with van der Waals surface area (Å²) in [5.41, 5.74) is 6.21. The second-order valence-corrected chi connectivity index (χ2v) is 3.18. The maximum Gasteiger partial charge on any atom is 0.126 e. The summed E-state index contributed by atoms with van der Waals surface area (Å²) in [6, 6.07) is 4.12. The quantitative estimate of drug-likeness (QED) is 0.707. The molecule has 0 amide bonds. The van der Waals surface area contributed by atoms with Gasteiger partial charge in [-0.2, -0.15) is 0 Å². The molecular weight excluding hydrogens is 166 g/mol. The molecule has 3 N–H and O–H groups in total. The van der Waals surface area contributed by atoms with Gasteiger partial charge >= 0.3 is 0 Å². The Hall–Kier alpha value is -1.29. The van der Waals surface area contributed by atoms with Crippen molar-refractivity contribution in [2.24, 2.45) is 0 Å². The Bertz CT molecular complexity index is 267. The maximum atomic E-state index is 5.52. The van der Waals surface area contributed by atoms with Crippen molar-refractivity contribution in [1.29, 1.82) is 0 Å². The highest BCUT2D eigenvalue weighted by Crippen LogP contribution is 2.12. The number of rotatable bonds is 2. The van der Waals surface area contributed by atoms with Gasteiger partial charge in [0.15, 0.2) is 0 Å². The normalized spacial score (nSPS) is 21.7. The molecule has 70 valence electrons. The average Bonchev–Trinajstić information content (AvgIpc) is 2.62. The second-order valence-electron chi connectivity index (χ2n) is 3.18. The van der Waals surface area contributed by atoms with Crippen LogP contribution in [0.25, 0.3) is 0 Å². The monoisotopic (exact) mass is 179 g/mol. The number of nitrogens with zero attached hydrogens (tertiary/aromatic N) is 1. The molecule has 1 fully saturated rings. The number of nitrogen functional groups attached to an aromatic ring is 1. The minimum Gasteiger partial charge on any atom is -0.397 e. The summed E-state index contributed by atoms with van der Waals surface area (Å²) in [5, 5.41) is 3.28. The molecule has 13 heavy (non-hydrogen) atoms. The van der Waals surface area contributed by atoms with Gasteiger partial charge in [0, 0.05) is 6.61 Å². The van der Waals surface area contributed by atoms with E-state index in [1.807, 2.05) is 12.1 Å². The largest absolute Gasteiger partial charge is 0.397 e. The summed E-state index contributed by atoms with van der Waals surface area (Å²) >= 11 is 0. The third-order valence-corrected chi connectivity index (χ3v) is 2.07. The van der Waals surface area contributed by atoms with Crippen LogP contribution in [0.3, 0.4) is 0 Å². The van der Waals surface area contributed by atoms with E-state index in [-0.39, 0.29) is 0 Å². The van der Waals surface area contributed by atoms with Gasteiger partial charge in [0.05, 0.1) is 24.5 Å². The lowest BCUT2D eigenvalue weighted by Gasteiger charge is -2.10. The third kappa shape index (κ3) is 2.09. The van der Waals surface area contributed by atoms with Crippen molar-refractivity contribution in [2.75, 3.05) is 24.3 Å². The molecule has 2 rings (SSSR count). The van der Waals surface area contributed by atoms with Crippen LogP contribution >= 0.6 is 0 Å². The van der Waals surface area contributed by atoms with E-state index in [0.717, 1.165) is 25.5 Å². The lowest BCUT2D eigenvalue weighted by molar-refractivity contribution is 0.195. The highest BCUT2D eigenvalue weighted by atomic mass is 16.5. The Kier molecular flexibility index (Phi) is 2.31. The standard InChI is InChI=1S/C9H13N3O/c10-7-1-2-9(11-5-7)12-8-3-4-13-6-8/h1-2,5,8H,3-4,6,10H2,(H,11,12)/t8-/m0/s1. The van der Waals surface area contributed by atoms with E-state index in [1.165, 1.54) is 0 Å². The first kappa shape index (κ1) is 8.31. The van der Waals surface area contributed by atoms with Crippen molar-refractivity contribution in [3.63, 3.8) is 0 Å². The second kappa shape index (κ2) is 3.62. The van der Waals surface area contributed by atoms with Crippen molar-refractivity contribution in [1.82, 2.24) is 4.98 Å². The number of ether oxygens (including phenoxy) is 1. The van der Waals surface area contributed by atoms with E-state index in [9.17, 15) is 0 Å². The van der Waals surface area contributed by atoms with Crippen LogP contribution in [0.2, 0.25) is 0 Å². The fourth-order valence-corrected chi connectivity index (χ4v) is 1.35. The summed E-state index contributed by atoms with van der Waals surface area (Å²) in [7, 11) is 0. The van der Waals surface area contributed by atoms with Gasteiger partial charge < -0.3 is 15.8 Å². The molecule has 0 radical (unpaired) electrons. The number of nitrogens with two attached hydrogens (primary N) is 1. The van der Waals surface area contributed by atoms with Gasteiger partial charge in [0.2, 0.25) is 0 Å². The first-order valence-electron chi connectivity index (χ1n) is 4.40. The smallest absolute Gasteiger partial charge is 0.126 e. The van der Waals surface area contributed by atoms with Crippen molar-refractivity contribution in [3.8, 4) is 0 Å². The predicted molar refractivity (Wildman–Crippen MR) is 51.5 cm³/mol. The zero-order valence-electron chi connectivity index (χ0n) is 7.36. The number of hydrogen-bond donors (Lipinski definition) is 2. The summed E-state index contributed by atoms with van der Waals surface area (Å²) in [4.78, 5) is 4.15. The Morgan fingerprint density at radius 2 is 2.46 bits per heavy atom. The minimum absolute atomic E-state index is 0.399. The van der Waals surface area contributed by atoms with Crippen LogP contribution in [-0.4, -0.2) is 24.2 Å². The molecule has 1 aromatic heterocycles. The van der Waals surface area contributed by atoms with E-state index in [4.69, 9.17) is 10.5 Å². The van der Waals surface area contributed by atoms with E-state index in [2.05, 4.69) is 10.3 Å². The SMILES string of the molecule is Nc1ccc(N[C@H]2CCOC2)nc1. The van der Waals surface area contributed by atoms with Gasteiger partial charge in [-0.05, 0) is 18.6 Å². The molecule has 0 aliphatic carbocycles. The Morgan fingerprint density at radius 3 is 3.08 bits per heavy atom. The Labute approximate surface area is 77.1 Å². The molecule has 1 atom stereocenters. The predicted octanol–water partition coefficient (Wildman–Crippen LogP) is 0.865. The number of nitrogens with one attached hydrogen (secondary N) is 1. The van der Waals surface area contributed by atoms with Crippen LogP contribution in [-0.2, 0) is 4.74 Å². The number of aromatic nitrogens is 1. The first-order valence-corrected chi connectivity index (χ1v) is 4.40. The van der Waals surface area contributed by atoms with Gasteiger partial charge in [-0.25, -0.2) is 4.98 Å². The molecule has 4 heteroatoms. The maximum absolute atomic E-state index is 5.52. The molecule has 4 nitrogen and oxygen atoms in total. The van der Waals surface area contributed by atoms with Gasteiger partial charge in [-0.1, -0.05) is 0 Å². The average molecular weight is 179 g/mol. The van der Waals surface area contributed by atoms with Crippen LogP contribution in [0.4, 0.5) is 11.5 Å². The van der Waals surface area contributed by atoms with Crippen molar-refractivity contribution < 1.29 is 4.74 Å². The molecule has 0 aromatic carbocycles. The molecular formula is C9H13N3O. The zero-order chi connectivity index (χ0) is 9.10. The molecule has 1 aliphatic rings. The summed E-state index contributed by atoms with van der Waals surface area (Å²) in [6.07, 6.45) is 2.70. The molecule has 1 saturated heterocycles. The lowest BCUT2D eigenvalue weighted by atomic mass is 10.2. The highest BCUT2D eigenvalue weighted by molar-refractivity contribution is 5.44. The Balaban J connectivity index is 1.97. The van der Waals surface area contributed by atoms with Crippen LogP contribution < -0.4 is 11.1 Å².